The molecule has 2 nitrogen and oxygen atoms in total. The van der Waals surface area contributed by atoms with Gasteiger partial charge in [0.1, 0.15) is 5.75 Å². The highest BCUT2D eigenvalue weighted by Crippen LogP contribution is 2.29. The number of hydrogen-bond acceptors (Lipinski definition) is 2. The van der Waals surface area contributed by atoms with Crippen molar-refractivity contribution < 1.29 is 4.74 Å². The molecule has 94 valence electrons. The van der Waals surface area contributed by atoms with E-state index in [0.29, 0.717) is 5.88 Å². The van der Waals surface area contributed by atoms with Gasteiger partial charge in [-0.15, -0.1) is 0 Å². The summed E-state index contributed by atoms with van der Waals surface area (Å²) in [6, 6.07) is 11.7. The van der Waals surface area contributed by atoms with E-state index in [-0.39, 0.29) is 5.41 Å². The van der Waals surface area contributed by atoms with Crippen LogP contribution in [0.1, 0.15) is 26.3 Å². The number of halogens is 1. The summed E-state index contributed by atoms with van der Waals surface area (Å²) in [4.78, 5) is 4.34. The van der Waals surface area contributed by atoms with Crippen LogP contribution in [0, 0.1) is 0 Å². The third-order valence-electron chi connectivity index (χ3n) is 2.65. The number of ether oxygens (including phenoxy) is 1. The number of benzene rings is 1. The van der Waals surface area contributed by atoms with Gasteiger partial charge in [0.25, 0.3) is 0 Å². The summed E-state index contributed by atoms with van der Waals surface area (Å²) in [5.74, 6) is 1.38. The number of nitrogens with zero attached hydrogens (tertiary/aromatic N) is 1. The Kier molecular flexibility index (Phi) is 3.71. The van der Waals surface area contributed by atoms with Crippen molar-refractivity contribution in [2.45, 2.75) is 26.2 Å². The van der Waals surface area contributed by atoms with E-state index in [1.807, 2.05) is 36.5 Å². The molecular formula is C15H16BrNO. The highest BCUT2D eigenvalue weighted by molar-refractivity contribution is 9.10. The Morgan fingerprint density at radius 1 is 1.06 bits per heavy atom. The molecule has 1 heterocycles. The second-order valence-corrected chi connectivity index (χ2v) is 6.02. The average Bonchev–Trinajstić information content (AvgIpc) is 2.32. The lowest BCUT2D eigenvalue weighted by molar-refractivity contribution is 0.458. The fraction of sp³-hybridized carbons (Fsp3) is 0.267. The van der Waals surface area contributed by atoms with Crippen LogP contribution < -0.4 is 4.74 Å². The Labute approximate surface area is 116 Å². The molecule has 0 bridgehead atoms. The molecule has 0 saturated carbocycles. The van der Waals surface area contributed by atoms with Gasteiger partial charge >= 0.3 is 0 Å². The van der Waals surface area contributed by atoms with E-state index in [9.17, 15) is 0 Å². The monoisotopic (exact) mass is 305 g/mol. The highest BCUT2D eigenvalue weighted by atomic mass is 79.9. The SMILES string of the molecule is CC(C)(C)c1ccc(Oc2ccccc2Br)nc1. The van der Waals surface area contributed by atoms with Crippen LogP contribution in [0.2, 0.25) is 0 Å². The molecule has 0 aliphatic heterocycles. The molecule has 0 fully saturated rings. The molecule has 0 spiro atoms. The number of pyridine rings is 1. The van der Waals surface area contributed by atoms with Crippen LogP contribution in [-0.2, 0) is 5.41 Å². The number of hydrogen-bond donors (Lipinski definition) is 0. The van der Waals surface area contributed by atoms with Crippen LogP contribution in [0.15, 0.2) is 47.1 Å². The zero-order valence-electron chi connectivity index (χ0n) is 10.8. The fourth-order valence-corrected chi connectivity index (χ4v) is 1.89. The standard InChI is InChI=1S/C15H16BrNO/c1-15(2,3)11-8-9-14(17-10-11)18-13-7-5-4-6-12(13)16/h4-10H,1-3H3. The molecule has 0 radical (unpaired) electrons. The van der Waals surface area contributed by atoms with E-state index in [2.05, 4.69) is 47.8 Å². The van der Waals surface area contributed by atoms with Crippen LogP contribution in [-0.4, -0.2) is 4.98 Å². The van der Waals surface area contributed by atoms with Crippen molar-refractivity contribution in [2.75, 3.05) is 0 Å². The van der Waals surface area contributed by atoms with Gasteiger partial charge in [-0.25, -0.2) is 4.98 Å². The minimum absolute atomic E-state index is 0.110. The third kappa shape index (κ3) is 3.10. The Balaban J connectivity index is 2.19. The molecule has 0 atom stereocenters. The van der Waals surface area contributed by atoms with E-state index >= 15 is 0 Å². The Hall–Kier alpha value is -1.35. The zero-order valence-corrected chi connectivity index (χ0v) is 12.4. The summed E-state index contributed by atoms with van der Waals surface area (Å²) < 4.78 is 6.64. The van der Waals surface area contributed by atoms with Gasteiger partial charge in [-0.3, -0.25) is 0 Å². The molecule has 18 heavy (non-hydrogen) atoms. The number of rotatable bonds is 2. The molecule has 1 aromatic heterocycles. The normalized spacial score (nSPS) is 11.3. The minimum Gasteiger partial charge on any atom is -0.438 e. The molecule has 2 rings (SSSR count). The van der Waals surface area contributed by atoms with E-state index in [0.717, 1.165) is 10.2 Å². The molecule has 2 aromatic rings. The molecule has 0 aliphatic rings. The zero-order chi connectivity index (χ0) is 13.2. The van der Waals surface area contributed by atoms with E-state index in [1.165, 1.54) is 5.56 Å². The summed E-state index contributed by atoms with van der Waals surface area (Å²) in [6.45, 7) is 6.50. The van der Waals surface area contributed by atoms with Crippen LogP contribution in [0.4, 0.5) is 0 Å². The lowest BCUT2D eigenvalue weighted by Gasteiger charge is -2.18. The second kappa shape index (κ2) is 5.11. The predicted octanol–water partition coefficient (Wildman–Crippen LogP) is 4.93. The van der Waals surface area contributed by atoms with E-state index in [4.69, 9.17) is 4.74 Å². The van der Waals surface area contributed by atoms with E-state index < -0.39 is 0 Å². The second-order valence-electron chi connectivity index (χ2n) is 5.17. The topological polar surface area (TPSA) is 22.1 Å². The lowest BCUT2D eigenvalue weighted by atomic mass is 9.88. The molecule has 0 saturated heterocycles. The van der Waals surface area contributed by atoms with Crippen molar-refractivity contribution in [1.29, 1.82) is 0 Å². The average molecular weight is 306 g/mol. The van der Waals surface area contributed by atoms with Crippen LogP contribution in [0.5, 0.6) is 11.6 Å². The van der Waals surface area contributed by atoms with Gasteiger partial charge in [-0.05, 0) is 39.0 Å². The maximum atomic E-state index is 5.72. The number of aromatic nitrogens is 1. The maximum absolute atomic E-state index is 5.72. The van der Waals surface area contributed by atoms with Crippen molar-refractivity contribution in [3.63, 3.8) is 0 Å². The molecule has 3 heteroatoms. The molecular weight excluding hydrogens is 290 g/mol. The summed E-state index contributed by atoms with van der Waals surface area (Å²) in [7, 11) is 0. The summed E-state index contributed by atoms with van der Waals surface area (Å²) in [5, 5.41) is 0. The van der Waals surface area contributed by atoms with Gasteiger partial charge < -0.3 is 4.74 Å². The molecule has 1 aromatic carbocycles. The first-order chi connectivity index (χ1) is 8.47. The smallest absolute Gasteiger partial charge is 0.219 e. The summed E-state index contributed by atoms with van der Waals surface area (Å²) in [5.41, 5.74) is 1.31. The third-order valence-corrected chi connectivity index (χ3v) is 3.31. The first-order valence-corrected chi connectivity index (χ1v) is 6.65. The van der Waals surface area contributed by atoms with Gasteiger partial charge in [0, 0.05) is 12.3 Å². The first kappa shape index (κ1) is 13.1. The van der Waals surface area contributed by atoms with Crippen molar-refractivity contribution in [2.24, 2.45) is 0 Å². The maximum Gasteiger partial charge on any atom is 0.219 e. The van der Waals surface area contributed by atoms with Gasteiger partial charge in [0.05, 0.1) is 4.47 Å². The van der Waals surface area contributed by atoms with Crippen molar-refractivity contribution in [3.05, 3.63) is 52.6 Å². The Morgan fingerprint density at radius 2 is 1.78 bits per heavy atom. The lowest BCUT2D eigenvalue weighted by Crippen LogP contribution is -2.11. The van der Waals surface area contributed by atoms with Gasteiger partial charge in [-0.1, -0.05) is 39.0 Å². The highest BCUT2D eigenvalue weighted by Gasteiger charge is 2.14. The number of para-hydroxylation sites is 1. The van der Waals surface area contributed by atoms with Crippen LogP contribution >= 0.6 is 15.9 Å². The quantitative estimate of drug-likeness (QED) is 0.784. The van der Waals surface area contributed by atoms with E-state index in [1.54, 1.807) is 0 Å². The molecule has 0 unspecified atom stereocenters. The van der Waals surface area contributed by atoms with Gasteiger partial charge in [0.2, 0.25) is 5.88 Å². The Morgan fingerprint density at radius 3 is 2.33 bits per heavy atom. The van der Waals surface area contributed by atoms with Crippen molar-refractivity contribution in [1.82, 2.24) is 4.98 Å². The first-order valence-electron chi connectivity index (χ1n) is 5.86. The fourth-order valence-electron chi connectivity index (χ4n) is 1.52. The van der Waals surface area contributed by atoms with Gasteiger partial charge in [-0.2, -0.15) is 0 Å². The largest absolute Gasteiger partial charge is 0.438 e. The molecule has 0 amide bonds. The van der Waals surface area contributed by atoms with Crippen LogP contribution in [0.3, 0.4) is 0 Å². The minimum atomic E-state index is 0.110. The molecule has 0 N–H and O–H groups in total. The van der Waals surface area contributed by atoms with Crippen LogP contribution in [0.25, 0.3) is 0 Å². The van der Waals surface area contributed by atoms with Gasteiger partial charge in [0.15, 0.2) is 0 Å². The summed E-state index contributed by atoms with van der Waals surface area (Å²) in [6.07, 6.45) is 1.87. The van der Waals surface area contributed by atoms with Crippen molar-refractivity contribution >= 4 is 15.9 Å². The predicted molar refractivity (Wildman–Crippen MR) is 77.2 cm³/mol. The molecule has 0 aliphatic carbocycles. The van der Waals surface area contributed by atoms with Crippen molar-refractivity contribution in [3.8, 4) is 11.6 Å². The Bertz CT molecular complexity index is 529. The summed E-state index contributed by atoms with van der Waals surface area (Å²) >= 11 is 3.45.